The number of amides is 1. The lowest BCUT2D eigenvalue weighted by molar-refractivity contribution is -0.122. The number of nitrogens with zero attached hydrogens (tertiary/aromatic N) is 1. The predicted octanol–water partition coefficient (Wildman–Crippen LogP) is 0.957. The molecule has 106 valence electrons. The number of carbonyl (C=O) groups excluding carboxylic acids is 1. The molecule has 1 aliphatic heterocycles. The van der Waals surface area contributed by atoms with Crippen molar-refractivity contribution in [3.8, 4) is 0 Å². The largest absolute Gasteiger partial charge is 0.467 e. The Morgan fingerprint density at radius 1 is 1.47 bits per heavy atom. The third kappa shape index (κ3) is 4.69. The van der Waals surface area contributed by atoms with Gasteiger partial charge in [0.25, 0.3) is 0 Å². The highest BCUT2D eigenvalue weighted by molar-refractivity contribution is 5.77. The van der Waals surface area contributed by atoms with Gasteiger partial charge in [-0.25, -0.2) is 0 Å². The number of nitrogens with two attached hydrogens (primary N) is 1. The van der Waals surface area contributed by atoms with Crippen LogP contribution < -0.4 is 11.1 Å². The summed E-state index contributed by atoms with van der Waals surface area (Å²) < 4.78 is 5.17. The van der Waals surface area contributed by atoms with E-state index in [1.54, 1.807) is 6.26 Å². The van der Waals surface area contributed by atoms with Gasteiger partial charge in [0.15, 0.2) is 0 Å². The fourth-order valence-corrected chi connectivity index (χ4v) is 2.53. The molecule has 0 atom stereocenters. The molecular weight excluding hydrogens is 242 g/mol. The Labute approximate surface area is 114 Å². The maximum Gasteiger partial charge on any atom is 0.234 e. The molecule has 5 nitrogen and oxygen atoms in total. The first-order valence-corrected chi connectivity index (χ1v) is 6.99. The number of piperidine rings is 1. The van der Waals surface area contributed by atoms with Crippen LogP contribution in [0.25, 0.3) is 0 Å². The number of nitrogens with one attached hydrogen (secondary N) is 1. The van der Waals surface area contributed by atoms with Crippen molar-refractivity contribution in [3.05, 3.63) is 24.2 Å². The first kappa shape index (κ1) is 14.1. The van der Waals surface area contributed by atoms with Crippen LogP contribution in [0.2, 0.25) is 0 Å². The number of hydrogen-bond acceptors (Lipinski definition) is 4. The van der Waals surface area contributed by atoms with Crippen LogP contribution >= 0.6 is 0 Å². The van der Waals surface area contributed by atoms with E-state index in [4.69, 9.17) is 10.2 Å². The van der Waals surface area contributed by atoms with Crippen molar-refractivity contribution in [2.45, 2.75) is 25.8 Å². The van der Waals surface area contributed by atoms with E-state index in [1.165, 1.54) is 0 Å². The summed E-state index contributed by atoms with van der Waals surface area (Å²) in [6.45, 7) is 3.72. The van der Waals surface area contributed by atoms with Crippen molar-refractivity contribution in [1.29, 1.82) is 0 Å². The summed E-state index contributed by atoms with van der Waals surface area (Å²) in [5.74, 6) is 1.59. The quantitative estimate of drug-likeness (QED) is 0.803. The van der Waals surface area contributed by atoms with Gasteiger partial charge in [-0.2, -0.15) is 0 Å². The SMILES string of the molecule is NCCC1CCN(CC(=O)NCc2ccco2)CC1. The number of hydrogen-bond donors (Lipinski definition) is 2. The summed E-state index contributed by atoms with van der Waals surface area (Å²) >= 11 is 0. The maximum absolute atomic E-state index is 11.8. The second-order valence-corrected chi connectivity index (χ2v) is 5.15. The topological polar surface area (TPSA) is 71.5 Å². The maximum atomic E-state index is 11.8. The predicted molar refractivity (Wildman–Crippen MR) is 73.4 cm³/mol. The van der Waals surface area contributed by atoms with Crippen LogP contribution in [0.5, 0.6) is 0 Å². The van der Waals surface area contributed by atoms with E-state index in [0.717, 1.165) is 50.6 Å². The molecule has 0 radical (unpaired) electrons. The highest BCUT2D eigenvalue weighted by Crippen LogP contribution is 2.19. The number of likely N-dealkylation sites (tertiary alicyclic amines) is 1. The van der Waals surface area contributed by atoms with E-state index >= 15 is 0 Å². The zero-order valence-corrected chi connectivity index (χ0v) is 11.3. The summed E-state index contributed by atoms with van der Waals surface area (Å²) in [5, 5.41) is 2.87. The molecule has 0 saturated carbocycles. The molecule has 1 aromatic rings. The molecule has 3 N–H and O–H groups in total. The Kier molecular flexibility index (Phi) is 5.42. The fraction of sp³-hybridized carbons (Fsp3) is 0.643. The third-order valence-electron chi connectivity index (χ3n) is 3.69. The molecule has 1 amide bonds. The average Bonchev–Trinajstić information content (AvgIpc) is 2.92. The molecule has 0 bridgehead atoms. The van der Waals surface area contributed by atoms with E-state index in [-0.39, 0.29) is 5.91 Å². The number of furan rings is 1. The van der Waals surface area contributed by atoms with Crippen molar-refractivity contribution in [1.82, 2.24) is 10.2 Å². The smallest absolute Gasteiger partial charge is 0.234 e. The van der Waals surface area contributed by atoms with Crippen molar-refractivity contribution in [3.63, 3.8) is 0 Å². The Hall–Kier alpha value is -1.33. The zero-order valence-electron chi connectivity index (χ0n) is 11.3. The summed E-state index contributed by atoms with van der Waals surface area (Å²) in [5.41, 5.74) is 5.57. The third-order valence-corrected chi connectivity index (χ3v) is 3.69. The van der Waals surface area contributed by atoms with Crippen LogP contribution in [0.3, 0.4) is 0 Å². The molecule has 5 heteroatoms. The van der Waals surface area contributed by atoms with Crippen LogP contribution in [-0.2, 0) is 11.3 Å². The minimum atomic E-state index is 0.0636. The lowest BCUT2D eigenvalue weighted by Gasteiger charge is -2.31. The van der Waals surface area contributed by atoms with Crippen molar-refractivity contribution in [2.75, 3.05) is 26.2 Å². The molecule has 1 fully saturated rings. The Morgan fingerprint density at radius 2 is 2.26 bits per heavy atom. The second-order valence-electron chi connectivity index (χ2n) is 5.15. The molecule has 2 heterocycles. The van der Waals surface area contributed by atoms with Gasteiger partial charge in [0.2, 0.25) is 5.91 Å². The zero-order chi connectivity index (χ0) is 13.5. The van der Waals surface area contributed by atoms with E-state index in [1.807, 2.05) is 12.1 Å². The first-order valence-electron chi connectivity index (χ1n) is 6.99. The molecule has 0 unspecified atom stereocenters. The van der Waals surface area contributed by atoms with Crippen molar-refractivity contribution < 1.29 is 9.21 Å². The fourth-order valence-electron chi connectivity index (χ4n) is 2.53. The molecule has 1 aliphatic rings. The van der Waals surface area contributed by atoms with Crippen molar-refractivity contribution >= 4 is 5.91 Å². The molecule has 19 heavy (non-hydrogen) atoms. The summed E-state index contributed by atoms with van der Waals surface area (Å²) in [6, 6.07) is 3.68. The molecular formula is C14H23N3O2. The molecule has 0 spiro atoms. The van der Waals surface area contributed by atoms with Crippen LogP contribution in [0.1, 0.15) is 25.0 Å². The Balaban J connectivity index is 1.63. The van der Waals surface area contributed by atoms with E-state index in [9.17, 15) is 4.79 Å². The highest BCUT2D eigenvalue weighted by Gasteiger charge is 2.20. The normalized spacial score (nSPS) is 17.5. The van der Waals surface area contributed by atoms with E-state index in [0.29, 0.717) is 13.1 Å². The molecule has 0 aromatic carbocycles. The molecule has 1 saturated heterocycles. The van der Waals surface area contributed by atoms with Crippen LogP contribution in [-0.4, -0.2) is 37.0 Å². The standard InChI is InChI=1S/C14H23N3O2/c15-6-3-12-4-7-17(8-5-12)11-14(18)16-10-13-2-1-9-19-13/h1-2,9,12H,3-8,10-11,15H2,(H,16,18). The summed E-state index contributed by atoms with van der Waals surface area (Å²) in [6.07, 6.45) is 5.04. The molecule has 0 aliphatic carbocycles. The van der Waals surface area contributed by atoms with Gasteiger partial charge in [-0.15, -0.1) is 0 Å². The average molecular weight is 265 g/mol. The van der Waals surface area contributed by atoms with Gasteiger partial charge in [-0.3, -0.25) is 9.69 Å². The van der Waals surface area contributed by atoms with Gasteiger partial charge >= 0.3 is 0 Å². The van der Waals surface area contributed by atoms with E-state index < -0.39 is 0 Å². The molecule has 1 aromatic heterocycles. The summed E-state index contributed by atoms with van der Waals surface area (Å²) in [7, 11) is 0. The second kappa shape index (κ2) is 7.31. The lowest BCUT2D eigenvalue weighted by atomic mass is 9.94. The number of rotatable bonds is 6. The van der Waals surface area contributed by atoms with Gasteiger partial charge in [0.1, 0.15) is 5.76 Å². The van der Waals surface area contributed by atoms with Gasteiger partial charge in [-0.05, 0) is 56.9 Å². The van der Waals surface area contributed by atoms with Gasteiger partial charge in [-0.1, -0.05) is 0 Å². The van der Waals surface area contributed by atoms with Crippen LogP contribution in [0.4, 0.5) is 0 Å². The van der Waals surface area contributed by atoms with Gasteiger partial charge in [0.05, 0.1) is 19.4 Å². The van der Waals surface area contributed by atoms with Crippen LogP contribution in [0.15, 0.2) is 22.8 Å². The monoisotopic (exact) mass is 265 g/mol. The minimum absolute atomic E-state index is 0.0636. The van der Waals surface area contributed by atoms with Gasteiger partial charge in [0, 0.05) is 0 Å². The molecule has 2 rings (SSSR count). The Bertz CT molecular complexity index is 370. The van der Waals surface area contributed by atoms with Crippen LogP contribution in [0, 0.1) is 5.92 Å². The Morgan fingerprint density at radius 3 is 2.89 bits per heavy atom. The van der Waals surface area contributed by atoms with Gasteiger partial charge < -0.3 is 15.5 Å². The highest BCUT2D eigenvalue weighted by atomic mass is 16.3. The van der Waals surface area contributed by atoms with Crippen molar-refractivity contribution in [2.24, 2.45) is 11.7 Å². The number of carbonyl (C=O) groups is 1. The summed E-state index contributed by atoms with van der Waals surface area (Å²) in [4.78, 5) is 14.0. The van der Waals surface area contributed by atoms with E-state index in [2.05, 4.69) is 10.2 Å². The lowest BCUT2D eigenvalue weighted by Crippen LogP contribution is -2.41. The first-order chi connectivity index (χ1) is 9.28. The minimum Gasteiger partial charge on any atom is -0.467 e.